The topological polar surface area (TPSA) is 64.4 Å². The normalized spacial score (nSPS) is 16.6. The van der Waals surface area contributed by atoms with Crippen molar-refractivity contribution in [3.8, 4) is 5.75 Å². The van der Waals surface area contributed by atoms with E-state index in [-0.39, 0.29) is 24.1 Å². The summed E-state index contributed by atoms with van der Waals surface area (Å²) >= 11 is 0. The maximum atomic E-state index is 13.0. The van der Waals surface area contributed by atoms with E-state index in [4.69, 9.17) is 4.74 Å². The molecule has 0 radical (unpaired) electrons. The van der Waals surface area contributed by atoms with E-state index < -0.39 is 0 Å². The maximum absolute atomic E-state index is 13.0. The molecule has 1 amide bonds. The molecule has 0 aliphatic carbocycles. The first-order valence-electron chi connectivity index (χ1n) is 9.05. The Morgan fingerprint density at radius 2 is 1.96 bits per heavy atom. The van der Waals surface area contributed by atoms with E-state index in [0.29, 0.717) is 17.6 Å². The third-order valence-electron chi connectivity index (χ3n) is 5.12. The van der Waals surface area contributed by atoms with E-state index in [9.17, 15) is 9.59 Å². The molecule has 1 unspecified atom stereocenters. The van der Waals surface area contributed by atoms with Crippen molar-refractivity contribution < 1.29 is 9.53 Å². The second kappa shape index (κ2) is 7.23. The minimum absolute atomic E-state index is 0.0223. The molecule has 0 N–H and O–H groups in total. The van der Waals surface area contributed by atoms with Crippen molar-refractivity contribution in [1.29, 1.82) is 0 Å². The Balaban J connectivity index is 1.61. The highest BCUT2D eigenvalue weighted by molar-refractivity contribution is 5.80. The molecule has 138 valence electrons. The predicted octanol–water partition coefficient (Wildman–Crippen LogP) is 2.77. The molecular weight excluding hydrogens is 342 g/mol. The van der Waals surface area contributed by atoms with Gasteiger partial charge in [-0.15, -0.1) is 0 Å². The highest BCUT2D eigenvalue weighted by atomic mass is 16.5. The molecule has 1 aliphatic heterocycles. The fourth-order valence-electron chi connectivity index (χ4n) is 3.74. The van der Waals surface area contributed by atoms with Crippen LogP contribution in [-0.4, -0.2) is 34.0 Å². The number of rotatable bonds is 4. The van der Waals surface area contributed by atoms with Crippen LogP contribution in [0.1, 0.15) is 24.4 Å². The number of para-hydroxylation sites is 2. The van der Waals surface area contributed by atoms with Gasteiger partial charge in [0.25, 0.3) is 5.56 Å². The van der Waals surface area contributed by atoms with Gasteiger partial charge in [0.2, 0.25) is 5.91 Å². The second-order valence-electron chi connectivity index (χ2n) is 6.69. The van der Waals surface area contributed by atoms with E-state index in [1.807, 2.05) is 53.4 Å². The number of amides is 1. The number of fused-ring (bicyclic) bond motifs is 1. The molecule has 6 nitrogen and oxygen atoms in total. The molecule has 1 atom stereocenters. The fourth-order valence-corrected chi connectivity index (χ4v) is 3.74. The van der Waals surface area contributed by atoms with Gasteiger partial charge in [0.05, 0.1) is 30.4 Å². The molecule has 1 aromatic heterocycles. The summed E-state index contributed by atoms with van der Waals surface area (Å²) in [5.41, 5.74) is 2.22. The summed E-state index contributed by atoms with van der Waals surface area (Å²) in [4.78, 5) is 31.4. The van der Waals surface area contributed by atoms with Crippen LogP contribution in [0.4, 0.5) is 0 Å². The minimum atomic E-state index is -0.262. The zero-order valence-corrected chi connectivity index (χ0v) is 15.2. The van der Waals surface area contributed by atoms with Crippen LogP contribution in [0.5, 0.6) is 5.75 Å². The number of methoxy groups -OCH3 is 1. The van der Waals surface area contributed by atoms with E-state index in [1.165, 1.54) is 10.8 Å². The zero-order valence-electron chi connectivity index (χ0n) is 15.2. The van der Waals surface area contributed by atoms with Crippen molar-refractivity contribution >= 4 is 16.9 Å². The molecule has 0 spiro atoms. The number of hydrogen-bond acceptors (Lipinski definition) is 4. The maximum Gasteiger partial charge on any atom is 0.269 e. The molecule has 27 heavy (non-hydrogen) atoms. The fraction of sp³-hybridized carbons (Fsp3) is 0.286. The third-order valence-corrected chi connectivity index (χ3v) is 5.12. The molecule has 2 heterocycles. The lowest BCUT2D eigenvalue weighted by molar-refractivity contribution is -0.132. The van der Waals surface area contributed by atoms with Gasteiger partial charge in [0.15, 0.2) is 0 Å². The Bertz CT molecular complexity index is 1030. The van der Waals surface area contributed by atoms with Gasteiger partial charge in [-0.05, 0) is 42.7 Å². The number of nitrogens with zero attached hydrogens (tertiary/aromatic N) is 3. The molecule has 0 saturated carbocycles. The summed E-state index contributed by atoms with van der Waals surface area (Å²) in [6.45, 7) is 0.724. The largest absolute Gasteiger partial charge is 0.497 e. The number of hydrogen-bond donors (Lipinski definition) is 0. The predicted molar refractivity (Wildman–Crippen MR) is 103 cm³/mol. The van der Waals surface area contributed by atoms with Crippen molar-refractivity contribution in [2.24, 2.45) is 0 Å². The third kappa shape index (κ3) is 3.30. The van der Waals surface area contributed by atoms with Gasteiger partial charge < -0.3 is 9.64 Å². The van der Waals surface area contributed by atoms with Crippen molar-refractivity contribution in [2.45, 2.75) is 25.4 Å². The quantitative estimate of drug-likeness (QED) is 0.715. The lowest BCUT2D eigenvalue weighted by Gasteiger charge is -2.26. The molecule has 2 aromatic carbocycles. The number of carbonyl (C=O) groups is 1. The Morgan fingerprint density at radius 3 is 2.74 bits per heavy atom. The van der Waals surface area contributed by atoms with Gasteiger partial charge in [0.1, 0.15) is 12.3 Å². The van der Waals surface area contributed by atoms with Crippen molar-refractivity contribution in [3.63, 3.8) is 0 Å². The van der Waals surface area contributed by atoms with Crippen LogP contribution < -0.4 is 10.3 Å². The van der Waals surface area contributed by atoms with Crippen LogP contribution in [0.3, 0.4) is 0 Å². The SMILES string of the molecule is COc1ccc(C2CCCN2C(=O)Cn2c(=O)cnc3ccccc32)cc1. The Labute approximate surface area is 157 Å². The summed E-state index contributed by atoms with van der Waals surface area (Å²) in [5, 5.41) is 0. The van der Waals surface area contributed by atoms with Gasteiger partial charge in [-0.2, -0.15) is 0 Å². The van der Waals surface area contributed by atoms with Gasteiger partial charge >= 0.3 is 0 Å². The number of ether oxygens (including phenoxy) is 1. The van der Waals surface area contributed by atoms with E-state index >= 15 is 0 Å². The van der Waals surface area contributed by atoms with Gasteiger partial charge in [-0.1, -0.05) is 24.3 Å². The number of aromatic nitrogens is 2. The first-order chi connectivity index (χ1) is 13.2. The summed E-state index contributed by atoms with van der Waals surface area (Å²) in [6.07, 6.45) is 3.15. The molecule has 6 heteroatoms. The minimum Gasteiger partial charge on any atom is -0.497 e. The lowest BCUT2D eigenvalue weighted by atomic mass is 10.0. The van der Waals surface area contributed by atoms with Crippen molar-refractivity contribution in [3.05, 3.63) is 70.6 Å². The standard InChI is InChI=1S/C21H21N3O3/c1-27-16-10-8-15(9-11-16)18-7-4-12-23(18)21(26)14-24-19-6-3-2-5-17(19)22-13-20(24)25/h2-3,5-6,8-11,13,18H,4,7,12,14H2,1H3. The van der Waals surface area contributed by atoms with Gasteiger partial charge in [0, 0.05) is 6.54 Å². The van der Waals surface area contributed by atoms with Gasteiger partial charge in [-0.25, -0.2) is 4.98 Å². The summed E-state index contributed by atoms with van der Waals surface area (Å²) in [7, 11) is 1.64. The Hall–Kier alpha value is -3.15. The highest BCUT2D eigenvalue weighted by Crippen LogP contribution is 2.33. The molecule has 0 bridgehead atoms. The Kier molecular flexibility index (Phi) is 4.62. The lowest BCUT2D eigenvalue weighted by Crippen LogP contribution is -2.36. The van der Waals surface area contributed by atoms with Crippen LogP contribution in [0.15, 0.2) is 59.5 Å². The van der Waals surface area contributed by atoms with E-state index in [1.54, 1.807) is 7.11 Å². The van der Waals surface area contributed by atoms with Crippen LogP contribution >= 0.6 is 0 Å². The average Bonchev–Trinajstić information content (AvgIpc) is 3.20. The summed E-state index contributed by atoms with van der Waals surface area (Å²) in [6, 6.07) is 15.2. The van der Waals surface area contributed by atoms with Crippen LogP contribution in [0, 0.1) is 0 Å². The van der Waals surface area contributed by atoms with E-state index in [0.717, 1.165) is 24.2 Å². The second-order valence-corrected chi connectivity index (χ2v) is 6.69. The molecule has 1 fully saturated rings. The molecule has 3 aromatic rings. The summed E-state index contributed by atoms with van der Waals surface area (Å²) < 4.78 is 6.72. The monoisotopic (exact) mass is 363 g/mol. The number of carbonyl (C=O) groups excluding carboxylic acids is 1. The average molecular weight is 363 g/mol. The number of benzene rings is 2. The molecule has 1 saturated heterocycles. The van der Waals surface area contributed by atoms with E-state index in [2.05, 4.69) is 4.98 Å². The molecule has 1 aliphatic rings. The smallest absolute Gasteiger partial charge is 0.269 e. The first-order valence-corrected chi connectivity index (χ1v) is 9.05. The van der Waals surface area contributed by atoms with Crippen LogP contribution in [-0.2, 0) is 11.3 Å². The molecule has 4 rings (SSSR count). The van der Waals surface area contributed by atoms with Crippen LogP contribution in [0.25, 0.3) is 11.0 Å². The zero-order chi connectivity index (χ0) is 18.8. The summed E-state index contributed by atoms with van der Waals surface area (Å²) in [5.74, 6) is 0.746. The van der Waals surface area contributed by atoms with Crippen LogP contribution in [0.2, 0.25) is 0 Å². The highest BCUT2D eigenvalue weighted by Gasteiger charge is 2.30. The first kappa shape index (κ1) is 17.3. The van der Waals surface area contributed by atoms with Crippen molar-refractivity contribution in [1.82, 2.24) is 14.5 Å². The molecular formula is C21H21N3O3. The Morgan fingerprint density at radius 1 is 1.19 bits per heavy atom. The van der Waals surface area contributed by atoms with Crippen molar-refractivity contribution in [2.75, 3.05) is 13.7 Å². The van der Waals surface area contributed by atoms with Gasteiger partial charge in [-0.3, -0.25) is 14.2 Å². The number of likely N-dealkylation sites (tertiary alicyclic amines) is 1.